The van der Waals surface area contributed by atoms with Crippen LogP contribution < -0.4 is 10.1 Å². The van der Waals surface area contributed by atoms with Crippen molar-refractivity contribution in [1.29, 1.82) is 0 Å². The molecule has 0 amide bonds. The third-order valence-electron chi connectivity index (χ3n) is 6.72. The quantitative estimate of drug-likeness (QED) is 0.263. The zero-order valence-electron chi connectivity index (χ0n) is 22.3. The molecule has 0 aliphatic heterocycles. The van der Waals surface area contributed by atoms with Crippen molar-refractivity contribution in [3.05, 3.63) is 84.3 Å². The zero-order chi connectivity index (χ0) is 27.4. The average molecular weight is 545 g/mol. The van der Waals surface area contributed by atoms with E-state index in [4.69, 9.17) is 4.74 Å². The smallest absolute Gasteiger partial charge is 0.148 e. The van der Waals surface area contributed by atoms with Crippen LogP contribution in [0.5, 0.6) is 5.75 Å². The second-order valence-corrected chi connectivity index (χ2v) is 12.0. The van der Waals surface area contributed by atoms with Gasteiger partial charge in [-0.1, -0.05) is 30.3 Å². The number of benzene rings is 3. The van der Waals surface area contributed by atoms with Gasteiger partial charge in [0.25, 0.3) is 0 Å². The summed E-state index contributed by atoms with van der Waals surface area (Å²) in [5, 5.41) is 9.92. The Bertz CT molecular complexity index is 1700. The molecule has 2 heterocycles. The number of methoxy groups -OCH3 is 1. The number of hydrogen-bond donors (Lipinski definition) is 1. The Labute approximate surface area is 228 Å². The molecule has 0 radical (unpaired) electrons. The summed E-state index contributed by atoms with van der Waals surface area (Å²) >= 11 is 0. The predicted octanol–water partition coefficient (Wildman–Crippen LogP) is 4.30. The van der Waals surface area contributed by atoms with Crippen LogP contribution in [-0.2, 0) is 22.8 Å². The van der Waals surface area contributed by atoms with Gasteiger partial charge in [-0.25, -0.2) is 18.4 Å². The van der Waals surface area contributed by atoms with Crippen LogP contribution in [0.2, 0.25) is 0 Å². The molecule has 9 nitrogen and oxygen atoms in total. The molecule has 0 spiro atoms. The number of sulfone groups is 1. The lowest BCUT2D eigenvalue weighted by atomic mass is 10.1. The summed E-state index contributed by atoms with van der Waals surface area (Å²) in [5.74, 6) is 1.57. The van der Waals surface area contributed by atoms with Gasteiger partial charge >= 0.3 is 0 Å². The molecule has 2 aromatic heterocycles. The molecule has 1 N–H and O–H groups in total. The number of nitrogens with zero attached hydrogens (tertiary/aromatic N) is 5. The Morgan fingerprint density at radius 1 is 1.03 bits per heavy atom. The van der Waals surface area contributed by atoms with E-state index in [1.165, 1.54) is 11.8 Å². The molecule has 0 saturated carbocycles. The third-order valence-corrected chi connectivity index (χ3v) is 7.65. The van der Waals surface area contributed by atoms with Gasteiger partial charge in [-0.15, -0.1) is 0 Å². The Balaban J connectivity index is 1.35. The van der Waals surface area contributed by atoms with Crippen LogP contribution in [0.25, 0.3) is 21.8 Å². The summed E-state index contributed by atoms with van der Waals surface area (Å²) in [6.07, 6.45) is 5.39. The molecular formula is C29H32N6O3S. The van der Waals surface area contributed by atoms with Crippen LogP contribution in [-0.4, -0.2) is 72.3 Å². The van der Waals surface area contributed by atoms with Gasteiger partial charge in [0.05, 0.1) is 36.6 Å². The third kappa shape index (κ3) is 6.52. The number of nitrogens with one attached hydrogen (secondary N) is 1. The normalized spacial score (nSPS) is 11.9. The second kappa shape index (κ2) is 11.4. The zero-order valence-corrected chi connectivity index (χ0v) is 23.1. The van der Waals surface area contributed by atoms with Crippen LogP contribution >= 0.6 is 0 Å². The summed E-state index contributed by atoms with van der Waals surface area (Å²) in [7, 11) is 0.577. The Morgan fingerprint density at radius 3 is 2.62 bits per heavy atom. The highest BCUT2D eigenvalue weighted by Gasteiger charge is 2.13. The minimum Gasteiger partial charge on any atom is -0.496 e. The van der Waals surface area contributed by atoms with Crippen LogP contribution in [0.1, 0.15) is 11.1 Å². The molecular weight excluding hydrogens is 512 g/mol. The number of fused-ring (bicyclic) bond motifs is 2. The Hall–Kier alpha value is -4.02. The van der Waals surface area contributed by atoms with Gasteiger partial charge < -0.3 is 15.0 Å². The number of rotatable bonds is 11. The molecule has 5 aromatic rings. The molecule has 0 aliphatic rings. The average Bonchev–Trinajstić information content (AvgIpc) is 3.32. The van der Waals surface area contributed by atoms with Gasteiger partial charge in [-0.3, -0.25) is 4.68 Å². The Morgan fingerprint density at radius 2 is 1.85 bits per heavy atom. The van der Waals surface area contributed by atoms with Crippen LogP contribution in [0.4, 0.5) is 11.5 Å². The van der Waals surface area contributed by atoms with Crippen LogP contribution in [0, 0.1) is 0 Å². The molecule has 39 heavy (non-hydrogen) atoms. The van der Waals surface area contributed by atoms with Crippen LogP contribution in [0.15, 0.2) is 73.2 Å². The number of anilines is 2. The van der Waals surface area contributed by atoms with E-state index in [-0.39, 0.29) is 5.75 Å². The second-order valence-electron chi connectivity index (χ2n) is 9.77. The van der Waals surface area contributed by atoms with Crippen molar-refractivity contribution in [3.63, 3.8) is 0 Å². The standard InChI is InChI=1S/C29H32N6O3S/c1-34(13-14-39(3,36)37)12-11-22-16-26-25(17-28(22)38-2)29(31-20-30-26)33-24-9-10-27-23(15-24)18-32-35(27)19-21-7-5-4-6-8-21/h4-10,15-18,20H,11-14,19H2,1-3H3,(H,30,31,33). The Kier molecular flexibility index (Phi) is 7.76. The number of ether oxygens (including phenoxy) is 1. The SMILES string of the molecule is COc1cc2c(Nc3ccc4c(cnn4Cc4ccccc4)c3)ncnc2cc1CCN(C)CCS(C)(=O)=O. The van der Waals surface area contributed by atoms with Gasteiger partial charge in [0, 0.05) is 35.8 Å². The molecule has 0 unspecified atom stereocenters. The molecule has 0 bridgehead atoms. The fourth-order valence-corrected chi connectivity index (χ4v) is 5.18. The molecule has 5 rings (SSSR count). The van der Waals surface area contributed by atoms with Gasteiger partial charge in [0.15, 0.2) is 0 Å². The van der Waals surface area contributed by atoms with Crippen molar-refractivity contribution in [2.45, 2.75) is 13.0 Å². The van der Waals surface area contributed by atoms with E-state index in [0.29, 0.717) is 31.9 Å². The van der Waals surface area contributed by atoms with E-state index in [9.17, 15) is 8.42 Å². The van der Waals surface area contributed by atoms with E-state index in [1.807, 2.05) is 59.2 Å². The summed E-state index contributed by atoms with van der Waals surface area (Å²) in [5.41, 5.74) is 4.97. The maximum absolute atomic E-state index is 11.5. The van der Waals surface area contributed by atoms with E-state index >= 15 is 0 Å². The first-order chi connectivity index (χ1) is 18.8. The monoisotopic (exact) mass is 544 g/mol. The summed E-state index contributed by atoms with van der Waals surface area (Å²) in [4.78, 5) is 11.0. The summed E-state index contributed by atoms with van der Waals surface area (Å²) in [6.45, 7) is 1.90. The molecule has 202 valence electrons. The predicted molar refractivity (Wildman–Crippen MR) is 156 cm³/mol. The highest BCUT2D eigenvalue weighted by atomic mass is 32.2. The summed E-state index contributed by atoms with van der Waals surface area (Å²) in [6, 6.07) is 20.4. The first-order valence-corrected chi connectivity index (χ1v) is 14.8. The van der Waals surface area contributed by atoms with Crippen molar-refractivity contribution >= 4 is 43.1 Å². The molecule has 10 heteroatoms. The first kappa shape index (κ1) is 26.6. The van der Waals surface area contributed by atoms with E-state index in [0.717, 1.165) is 38.8 Å². The van der Waals surface area contributed by atoms with E-state index in [1.54, 1.807) is 13.4 Å². The number of likely N-dealkylation sites (N-methyl/N-ethyl adjacent to an activating group) is 1. The molecule has 0 aliphatic carbocycles. The lowest BCUT2D eigenvalue weighted by molar-refractivity contribution is 0.353. The lowest BCUT2D eigenvalue weighted by Gasteiger charge is -2.18. The summed E-state index contributed by atoms with van der Waals surface area (Å²) < 4.78 is 30.7. The van der Waals surface area contributed by atoms with Crippen LogP contribution in [0.3, 0.4) is 0 Å². The number of aromatic nitrogens is 4. The molecule has 0 atom stereocenters. The van der Waals surface area contributed by atoms with Gasteiger partial charge in [0.2, 0.25) is 0 Å². The van der Waals surface area contributed by atoms with Crippen molar-refractivity contribution in [2.24, 2.45) is 0 Å². The maximum atomic E-state index is 11.5. The fraction of sp³-hybridized carbons (Fsp3) is 0.276. The van der Waals surface area contributed by atoms with E-state index in [2.05, 4.69) is 44.6 Å². The molecule has 3 aromatic carbocycles. The minimum absolute atomic E-state index is 0.139. The van der Waals surface area contributed by atoms with Crippen molar-refractivity contribution in [3.8, 4) is 5.75 Å². The largest absolute Gasteiger partial charge is 0.496 e. The van der Waals surface area contributed by atoms with Gasteiger partial charge in [-0.2, -0.15) is 5.10 Å². The molecule has 0 saturated heterocycles. The minimum atomic E-state index is -2.99. The maximum Gasteiger partial charge on any atom is 0.148 e. The highest BCUT2D eigenvalue weighted by molar-refractivity contribution is 7.90. The first-order valence-electron chi connectivity index (χ1n) is 12.7. The molecule has 0 fully saturated rings. The number of hydrogen-bond acceptors (Lipinski definition) is 8. The van der Waals surface area contributed by atoms with Crippen molar-refractivity contribution in [1.82, 2.24) is 24.6 Å². The fourth-order valence-electron chi connectivity index (χ4n) is 4.54. The topological polar surface area (TPSA) is 102 Å². The lowest BCUT2D eigenvalue weighted by Crippen LogP contribution is -2.27. The van der Waals surface area contributed by atoms with Gasteiger partial charge in [-0.05, 0) is 54.9 Å². The van der Waals surface area contributed by atoms with Crippen molar-refractivity contribution < 1.29 is 13.2 Å². The van der Waals surface area contributed by atoms with Crippen molar-refractivity contribution in [2.75, 3.05) is 44.6 Å². The van der Waals surface area contributed by atoms with Gasteiger partial charge in [0.1, 0.15) is 27.7 Å². The van der Waals surface area contributed by atoms with E-state index < -0.39 is 9.84 Å². The highest BCUT2D eigenvalue weighted by Crippen LogP contribution is 2.31.